The molecule has 1 heterocycles. The Morgan fingerprint density at radius 3 is 2.94 bits per heavy atom. The molecule has 0 radical (unpaired) electrons. The highest BCUT2D eigenvalue weighted by molar-refractivity contribution is 5.04. The average Bonchev–Trinajstić information content (AvgIpc) is 2.96. The van der Waals surface area contributed by atoms with E-state index in [0.717, 1.165) is 5.69 Å². The minimum atomic E-state index is -0.327. The van der Waals surface area contributed by atoms with Crippen molar-refractivity contribution in [3.8, 4) is 6.07 Å². The van der Waals surface area contributed by atoms with Gasteiger partial charge in [0.1, 0.15) is 0 Å². The number of aliphatic hydroxyl groups excluding tert-OH is 1. The molecule has 0 spiro atoms. The van der Waals surface area contributed by atoms with E-state index in [4.69, 9.17) is 10.4 Å². The predicted molar refractivity (Wildman–Crippen MR) is 59.6 cm³/mol. The standard InChI is InChI=1S/C12H17N3O/c13-8-10(9-16)7-11-5-6-15(14-11)12-3-1-2-4-12/h5-6,10,12,16H,1-4,7,9H2. The second-order valence-electron chi connectivity index (χ2n) is 4.44. The van der Waals surface area contributed by atoms with Crippen molar-refractivity contribution >= 4 is 0 Å². The summed E-state index contributed by atoms with van der Waals surface area (Å²) in [6.07, 6.45) is 7.55. The van der Waals surface area contributed by atoms with Crippen LogP contribution in [0.25, 0.3) is 0 Å². The highest BCUT2D eigenvalue weighted by atomic mass is 16.3. The van der Waals surface area contributed by atoms with E-state index in [2.05, 4.69) is 11.2 Å². The number of rotatable bonds is 4. The molecule has 1 unspecified atom stereocenters. The number of nitrogens with zero attached hydrogens (tertiary/aromatic N) is 3. The average molecular weight is 219 g/mol. The lowest BCUT2D eigenvalue weighted by Crippen LogP contribution is -2.09. The van der Waals surface area contributed by atoms with Crippen molar-refractivity contribution in [3.63, 3.8) is 0 Å². The maximum Gasteiger partial charge on any atom is 0.0750 e. The van der Waals surface area contributed by atoms with Crippen LogP contribution in [0.5, 0.6) is 0 Å². The van der Waals surface area contributed by atoms with E-state index in [9.17, 15) is 0 Å². The summed E-state index contributed by atoms with van der Waals surface area (Å²) >= 11 is 0. The molecule has 0 bridgehead atoms. The molecule has 4 heteroatoms. The summed E-state index contributed by atoms with van der Waals surface area (Å²) in [4.78, 5) is 0. The van der Waals surface area contributed by atoms with Gasteiger partial charge in [-0.15, -0.1) is 0 Å². The number of aromatic nitrogens is 2. The van der Waals surface area contributed by atoms with Gasteiger partial charge >= 0.3 is 0 Å². The van der Waals surface area contributed by atoms with Crippen molar-refractivity contribution in [2.75, 3.05) is 6.61 Å². The maximum absolute atomic E-state index is 8.95. The first kappa shape index (κ1) is 11.2. The Kier molecular flexibility index (Phi) is 3.58. The second kappa shape index (κ2) is 5.13. The first-order valence-corrected chi connectivity index (χ1v) is 5.88. The van der Waals surface area contributed by atoms with Crippen LogP contribution in [-0.2, 0) is 6.42 Å². The van der Waals surface area contributed by atoms with Crippen LogP contribution in [0.1, 0.15) is 37.4 Å². The van der Waals surface area contributed by atoms with E-state index in [1.54, 1.807) is 0 Å². The molecule has 16 heavy (non-hydrogen) atoms. The van der Waals surface area contributed by atoms with Gasteiger partial charge < -0.3 is 5.11 Å². The molecule has 1 atom stereocenters. The Morgan fingerprint density at radius 2 is 2.31 bits per heavy atom. The summed E-state index contributed by atoms with van der Waals surface area (Å²) in [5, 5.41) is 22.2. The summed E-state index contributed by atoms with van der Waals surface area (Å²) in [6.45, 7) is -0.0905. The minimum absolute atomic E-state index is 0.0905. The van der Waals surface area contributed by atoms with Gasteiger partial charge in [-0.3, -0.25) is 4.68 Å². The molecule has 86 valence electrons. The van der Waals surface area contributed by atoms with Gasteiger partial charge in [0.05, 0.1) is 30.3 Å². The zero-order chi connectivity index (χ0) is 11.4. The highest BCUT2D eigenvalue weighted by Crippen LogP contribution is 2.28. The van der Waals surface area contributed by atoms with Gasteiger partial charge in [-0.1, -0.05) is 12.8 Å². The Balaban J connectivity index is 1.99. The summed E-state index contributed by atoms with van der Waals surface area (Å²) in [5.74, 6) is -0.327. The lowest BCUT2D eigenvalue weighted by Gasteiger charge is -2.09. The van der Waals surface area contributed by atoms with E-state index in [1.165, 1.54) is 25.7 Å². The highest BCUT2D eigenvalue weighted by Gasteiger charge is 2.18. The molecule has 1 aliphatic carbocycles. The Labute approximate surface area is 95.5 Å². The summed E-state index contributed by atoms with van der Waals surface area (Å²) in [5.41, 5.74) is 0.910. The van der Waals surface area contributed by atoms with E-state index >= 15 is 0 Å². The van der Waals surface area contributed by atoms with Crippen LogP contribution in [0.2, 0.25) is 0 Å². The number of aliphatic hydroxyl groups is 1. The molecule has 1 saturated carbocycles. The van der Waals surface area contributed by atoms with Crippen molar-refractivity contribution in [2.24, 2.45) is 5.92 Å². The van der Waals surface area contributed by atoms with Crippen LogP contribution in [0.4, 0.5) is 0 Å². The van der Waals surface area contributed by atoms with Crippen LogP contribution < -0.4 is 0 Å². The maximum atomic E-state index is 8.95. The third-order valence-electron chi connectivity index (χ3n) is 3.22. The van der Waals surface area contributed by atoms with E-state index in [-0.39, 0.29) is 12.5 Å². The Morgan fingerprint density at radius 1 is 1.56 bits per heavy atom. The van der Waals surface area contributed by atoms with Gasteiger partial charge in [-0.25, -0.2) is 0 Å². The van der Waals surface area contributed by atoms with Gasteiger partial charge in [-0.05, 0) is 18.9 Å². The van der Waals surface area contributed by atoms with Crippen LogP contribution in [0.15, 0.2) is 12.3 Å². The third kappa shape index (κ3) is 2.42. The van der Waals surface area contributed by atoms with E-state index in [0.29, 0.717) is 12.5 Å². The normalized spacial score (nSPS) is 18.5. The lowest BCUT2D eigenvalue weighted by atomic mass is 10.1. The molecular formula is C12H17N3O. The molecule has 1 N–H and O–H groups in total. The quantitative estimate of drug-likeness (QED) is 0.838. The molecule has 1 aliphatic rings. The van der Waals surface area contributed by atoms with Crippen LogP contribution in [-0.4, -0.2) is 21.5 Å². The topological polar surface area (TPSA) is 61.8 Å². The van der Waals surface area contributed by atoms with E-state index in [1.807, 2.05) is 16.9 Å². The van der Waals surface area contributed by atoms with Gasteiger partial charge in [0.15, 0.2) is 0 Å². The molecule has 1 aromatic heterocycles. The zero-order valence-corrected chi connectivity index (χ0v) is 9.34. The zero-order valence-electron chi connectivity index (χ0n) is 9.34. The van der Waals surface area contributed by atoms with Gasteiger partial charge in [-0.2, -0.15) is 10.4 Å². The molecule has 4 nitrogen and oxygen atoms in total. The van der Waals surface area contributed by atoms with Crippen LogP contribution in [0.3, 0.4) is 0 Å². The summed E-state index contributed by atoms with van der Waals surface area (Å²) in [6, 6.07) is 4.58. The fraction of sp³-hybridized carbons (Fsp3) is 0.667. The van der Waals surface area contributed by atoms with Crippen molar-refractivity contribution in [2.45, 2.75) is 38.1 Å². The summed E-state index contributed by atoms with van der Waals surface area (Å²) in [7, 11) is 0. The molecular weight excluding hydrogens is 202 g/mol. The van der Waals surface area contributed by atoms with Crippen LogP contribution in [0, 0.1) is 17.2 Å². The molecule has 0 amide bonds. The molecule has 1 fully saturated rings. The molecule has 0 aromatic carbocycles. The van der Waals surface area contributed by atoms with Gasteiger partial charge in [0, 0.05) is 12.6 Å². The number of hydrogen-bond donors (Lipinski definition) is 1. The van der Waals surface area contributed by atoms with Gasteiger partial charge in [0.25, 0.3) is 0 Å². The SMILES string of the molecule is N#CC(CO)Cc1ccn(C2CCCC2)n1. The smallest absolute Gasteiger partial charge is 0.0750 e. The molecule has 0 aliphatic heterocycles. The Bertz CT molecular complexity index is 374. The molecule has 1 aromatic rings. The Hall–Kier alpha value is -1.34. The van der Waals surface area contributed by atoms with Crippen molar-refractivity contribution in [1.82, 2.24) is 9.78 Å². The minimum Gasteiger partial charge on any atom is -0.395 e. The predicted octanol–water partition coefficient (Wildman–Crippen LogP) is 1.67. The van der Waals surface area contributed by atoms with Crippen molar-refractivity contribution < 1.29 is 5.11 Å². The first-order valence-electron chi connectivity index (χ1n) is 5.88. The van der Waals surface area contributed by atoms with E-state index < -0.39 is 0 Å². The fourth-order valence-corrected chi connectivity index (χ4v) is 2.26. The molecule has 0 saturated heterocycles. The monoisotopic (exact) mass is 219 g/mol. The number of nitriles is 1. The van der Waals surface area contributed by atoms with Crippen molar-refractivity contribution in [1.29, 1.82) is 5.26 Å². The third-order valence-corrected chi connectivity index (χ3v) is 3.22. The largest absolute Gasteiger partial charge is 0.395 e. The number of hydrogen-bond acceptors (Lipinski definition) is 3. The molecule has 2 rings (SSSR count). The van der Waals surface area contributed by atoms with Crippen LogP contribution >= 0.6 is 0 Å². The summed E-state index contributed by atoms with van der Waals surface area (Å²) < 4.78 is 2.02. The van der Waals surface area contributed by atoms with Gasteiger partial charge in [0.2, 0.25) is 0 Å². The first-order chi connectivity index (χ1) is 7.83. The second-order valence-corrected chi connectivity index (χ2v) is 4.44. The fourth-order valence-electron chi connectivity index (χ4n) is 2.26. The van der Waals surface area contributed by atoms with Crippen molar-refractivity contribution in [3.05, 3.63) is 18.0 Å². The lowest BCUT2D eigenvalue weighted by molar-refractivity contribution is 0.254.